The van der Waals surface area contributed by atoms with Gasteiger partial charge in [-0.1, -0.05) is 12.1 Å². The largest absolute Gasteiger partial charge is 0.573 e. The summed E-state index contributed by atoms with van der Waals surface area (Å²) in [6, 6.07) is 5.59. The second-order valence-electron chi connectivity index (χ2n) is 4.97. The van der Waals surface area contributed by atoms with Crippen molar-refractivity contribution in [2.24, 2.45) is 0 Å². The first-order valence-corrected chi connectivity index (χ1v) is 6.18. The molecule has 1 heterocycles. The molecule has 2 fully saturated rings. The fraction of sp³-hybridized carbons (Fsp3) is 0.462. The maximum Gasteiger partial charge on any atom is 0.573 e. The van der Waals surface area contributed by atoms with Gasteiger partial charge in [-0.2, -0.15) is 0 Å². The maximum atomic E-state index is 12.1. The number of ether oxygens (including phenoxy) is 2. The van der Waals surface area contributed by atoms with Gasteiger partial charge in [-0.05, 0) is 30.5 Å². The smallest absolute Gasteiger partial charge is 0.406 e. The number of carbonyl (C=O) groups is 1. The summed E-state index contributed by atoms with van der Waals surface area (Å²) >= 11 is 0. The average Bonchev–Trinajstić information content (AvgIpc) is 3.23. The molecule has 0 aromatic heterocycles. The summed E-state index contributed by atoms with van der Waals surface area (Å²) in [5.74, 6) is -0.438. The summed E-state index contributed by atoms with van der Waals surface area (Å²) in [7, 11) is 0. The first kappa shape index (κ1) is 13.2. The SMILES string of the molecule is O=C(NC1(c2ccc(OC(F)(F)F)cc2)CC1)C1CO1. The molecule has 0 spiro atoms. The third-order valence-electron chi connectivity index (χ3n) is 3.38. The van der Waals surface area contributed by atoms with E-state index in [1.165, 1.54) is 12.1 Å². The summed E-state index contributed by atoms with van der Waals surface area (Å²) in [5.41, 5.74) is 0.320. The molecule has 0 bridgehead atoms. The van der Waals surface area contributed by atoms with Crippen LogP contribution in [-0.2, 0) is 15.1 Å². The van der Waals surface area contributed by atoms with E-state index in [9.17, 15) is 18.0 Å². The summed E-state index contributed by atoms with van der Waals surface area (Å²) in [6.45, 7) is 0.431. The highest BCUT2D eigenvalue weighted by molar-refractivity contribution is 5.84. The molecule has 20 heavy (non-hydrogen) atoms. The molecule has 1 aromatic rings. The van der Waals surface area contributed by atoms with E-state index in [4.69, 9.17) is 4.74 Å². The molecule has 7 heteroatoms. The standard InChI is InChI=1S/C13H12F3NO3/c14-13(15,16)20-9-3-1-8(2-4-9)12(5-6-12)17-11(18)10-7-19-10/h1-4,10H,5-7H2,(H,17,18). The number of epoxide rings is 1. The molecular weight excluding hydrogens is 275 g/mol. The van der Waals surface area contributed by atoms with Gasteiger partial charge in [0.15, 0.2) is 6.10 Å². The predicted octanol–water partition coefficient (Wildman–Crippen LogP) is 2.09. The van der Waals surface area contributed by atoms with Gasteiger partial charge in [-0.3, -0.25) is 4.79 Å². The number of hydrogen-bond donors (Lipinski definition) is 1. The second-order valence-corrected chi connectivity index (χ2v) is 4.97. The Morgan fingerprint density at radius 2 is 1.90 bits per heavy atom. The minimum Gasteiger partial charge on any atom is -0.406 e. The summed E-state index contributed by atoms with van der Waals surface area (Å²) in [5, 5.41) is 2.89. The van der Waals surface area contributed by atoms with Crippen molar-refractivity contribution < 1.29 is 27.4 Å². The molecule has 1 N–H and O–H groups in total. The van der Waals surface area contributed by atoms with E-state index >= 15 is 0 Å². The Balaban J connectivity index is 1.69. The molecule has 2 aliphatic rings. The molecule has 1 aliphatic carbocycles. The first-order valence-electron chi connectivity index (χ1n) is 6.18. The van der Waals surface area contributed by atoms with Crippen molar-refractivity contribution in [3.8, 4) is 5.75 Å². The van der Waals surface area contributed by atoms with Gasteiger partial charge in [0.05, 0.1) is 12.1 Å². The van der Waals surface area contributed by atoms with Gasteiger partial charge in [0, 0.05) is 0 Å². The van der Waals surface area contributed by atoms with Crippen LogP contribution in [0.4, 0.5) is 13.2 Å². The summed E-state index contributed by atoms with van der Waals surface area (Å²) < 4.78 is 44.9. The van der Waals surface area contributed by atoms with Gasteiger partial charge in [-0.25, -0.2) is 0 Å². The fourth-order valence-electron chi connectivity index (χ4n) is 2.10. The third-order valence-corrected chi connectivity index (χ3v) is 3.38. The van der Waals surface area contributed by atoms with Crippen LogP contribution in [0.5, 0.6) is 5.75 Å². The highest BCUT2D eigenvalue weighted by Crippen LogP contribution is 2.46. The molecule has 1 saturated carbocycles. The van der Waals surface area contributed by atoms with E-state index in [2.05, 4.69) is 10.1 Å². The van der Waals surface area contributed by atoms with Crippen LogP contribution in [0.1, 0.15) is 18.4 Å². The number of amides is 1. The highest BCUT2D eigenvalue weighted by Gasteiger charge is 2.48. The number of rotatable bonds is 4. The minimum atomic E-state index is -4.70. The van der Waals surface area contributed by atoms with E-state index in [-0.39, 0.29) is 17.8 Å². The zero-order valence-electron chi connectivity index (χ0n) is 10.4. The lowest BCUT2D eigenvalue weighted by Gasteiger charge is -2.18. The Labute approximate surface area is 112 Å². The van der Waals surface area contributed by atoms with Gasteiger partial charge in [0.25, 0.3) is 5.91 Å². The Morgan fingerprint density at radius 3 is 2.35 bits per heavy atom. The van der Waals surface area contributed by atoms with E-state index in [0.29, 0.717) is 6.61 Å². The fourth-order valence-corrected chi connectivity index (χ4v) is 2.10. The van der Waals surface area contributed by atoms with Crippen molar-refractivity contribution >= 4 is 5.91 Å². The van der Waals surface area contributed by atoms with Crippen molar-refractivity contribution in [3.05, 3.63) is 29.8 Å². The molecular formula is C13H12F3NO3. The van der Waals surface area contributed by atoms with Crippen molar-refractivity contribution in [1.82, 2.24) is 5.32 Å². The molecule has 1 aromatic carbocycles. The number of carbonyl (C=O) groups excluding carboxylic acids is 1. The lowest BCUT2D eigenvalue weighted by atomic mass is 10.0. The van der Waals surface area contributed by atoms with Crippen molar-refractivity contribution in [3.63, 3.8) is 0 Å². The molecule has 0 radical (unpaired) electrons. The van der Waals surface area contributed by atoms with Crippen LogP contribution < -0.4 is 10.1 Å². The first-order chi connectivity index (χ1) is 9.38. The molecule has 1 saturated heterocycles. The van der Waals surface area contributed by atoms with Crippen LogP contribution in [0.3, 0.4) is 0 Å². The Morgan fingerprint density at radius 1 is 1.30 bits per heavy atom. The van der Waals surface area contributed by atoms with E-state index in [1.807, 2.05) is 0 Å². The molecule has 1 unspecified atom stereocenters. The Hall–Kier alpha value is -1.76. The molecule has 1 atom stereocenters. The Kier molecular flexibility index (Phi) is 2.89. The molecule has 1 aliphatic heterocycles. The second kappa shape index (κ2) is 4.37. The lowest BCUT2D eigenvalue weighted by Crippen LogP contribution is -2.37. The Bertz CT molecular complexity index is 519. The van der Waals surface area contributed by atoms with Crippen molar-refractivity contribution in [2.45, 2.75) is 30.8 Å². The van der Waals surface area contributed by atoms with E-state index in [1.54, 1.807) is 12.1 Å². The van der Waals surface area contributed by atoms with Crippen LogP contribution in [0.2, 0.25) is 0 Å². The van der Waals surface area contributed by atoms with Crippen LogP contribution in [-0.4, -0.2) is 25.0 Å². The highest BCUT2D eigenvalue weighted by atomic mass is 19.4. The predicted molar refractivity (Wildman–Crippen MR) is 61.9 cm³/mol. The number of alkyl halides is 3. The zero-order chi connectivity index (χ0) is 14.4. The van der Waals surface area contributed by atoms with Gasteiger partial charge >= 0.3 is 6.36 Å². The third kappa shape index (κ3) is 2.87. The van der Waals surface area contributed by atoms with Gasteiger partial charge in [0.1, 0.15) is 5.75 Å². The van der Waals surface area contributed by atoms with Gasteiger partial charge < -0.3 is 14.8 Å². The lowest BCUT2D eigenvalue weighted by molar-refractivity contribution is -0.274. The number of hydrogen-bond acceptors (Lipinski definition) is 3. The van der Waals surface area contributed by atoms with Crippen LogP contribution >= 0.6 is 0 Å². The minimum absolute atomic E-state index is 0.168. The molecule has 4 nitrogen and oxygen atoms in total. The van der Waals surface area contributed by atoms with Crippen LogP contribution in [0.15, 0.2) is 24.3 Å². The molecule has 108 valence electrons. The summed E-state index contributed by atoms with van der Waals surface area (Å²) in [4.78, 5) is 11.7. The number of benzene rings is 1. The normalized spacial score (nSPS) is 23.1. The van der Waals surface area contributed by atoms with Gasteiger partial charge in [-0.15, -0.1) is 13.2 Å². The number of halogens is 3. The molecule has 1 amide bonds. The van der Waals surface area contributed by atoms with E-state index in [0.717, 1.165) is 18.4 Å². The zero-order valence-corrected chi connectivity index (χ0v) is 10.4. The van der Waals surface area contributed by atoms with Gasteiger partial charge in [0.2, 0.25) is 0 Å². The summed E-state index contributed by atoms with van der Waals surface area (Å²) in [6.07, 6.45) is -3.54. The van der Waals surface area contributed by atoms with Crippen LogP contribution in [0.25, 0.3) is 0 Å². The van der Waals surface area contributed by atoms with Crippen molar-refractivity contribution in [2.75, 3.05) is 6.61 Å². The number of nitrogens with one attached hydrogen (secondary N) is 1. The monoisotopic (exact) mass is 287 g/mol. The van der Waals surface area contributed by atoms with Crippen molar-refractivity contribution in [1.29, 1.82) is 0 Å². The topological polar surface area (TPSA) is 50.9 Å². The van der Waals surface area contributed by atoms with Crippen LogP contribution in [0, 0.1) is 0 Å². The van der Waals surface area contributed by atoms with E-state index < -0.39 is 11.9 Å². The maximum absolute atomic E-state index is 12.1. The molecule has 3 rings (SSSR count). The quantitative estimate of drug-likeness (QED) is 0.863. The average molecular weight is 287 g/mol.